The summed E-state index contributed by atoms with van der Waals surface area (Å²) in [7, 11) is 0. The van der Waals surface area contributed by atoms with Gasteiger partial charge in [0, 0.05) is 18.8 Å². The molecule has 0 bridgehead atoms. The van der Waals surface area contributed by atoms with Gasteiger partial charge in [0.1, 0.15) is 5.82 Å². The summed E-state index contributed by atoms with van der Waals surface area (Å²) in [5.41, 5.74) is 1.25. The third kappa shape index (κ3) is 2.86. The normalized spacial score (nSPS) is 20.2. The maximum Gasteiger partial charge on any atom is 0.126 e. The summed E-state index contributed by atoms with van der Waals surface area (Å²) in [6.07, 6.45) is 3.04. The zero-order valence-electron chi connectivity index (χ0n) is 8.29. The van der Waals surface area contributed by atoms with Crippen molar-refractivity contribution in [2.24, 2.45) is 0 Å². The lowest BCUT2D eigenvalue weighted by atomic mass is 10.2. The molecule has 3 nitrogen and oxygen atoms in total. The van der Waals surface area contributed by atoms with Crippen LogP contribution < -0.4 is 10.6 Å². The number of anilines is 1. The van der Waals surface area contributed by atoms with E-state index in [9.17, 15) is 0 Å². The molecule has 0 radical (unpaired) electrons. The predicted octanol–water partition coefficient (Wildman–Crippen LogP) is 1.59. The lowest BCUT2D eigenvalue weighted by Gasteiger charge is -2.11. The standard InChI is InChI=1S/C10H15N3.ClH/c1-8-2-5-12-10(6-8)13-9-3-4-11-7-9;/h2,5-6,9,11H,3-4,7H2,1H3,(H,12,13);1H/t9-;/m1./s1. The van der Waals surface area contributed by atoms with E-state index >= 15 is 0 Å². The molecule has 0 amide bonds. The molecule has 0 aliphatic carbocycles. The molecule has 78 valence electrons. The Morgan fingerprint density at radius 1 is 1.57 bits per heavy atom. The van der Waals surface area contributed by atoms with Crippen LogP contribution in [0.1, 0.15) is 12.0 Å². The number of aromatic nitrogens is 1. The van der Waals surface area contributed by atoms with Gasteiger partial charge in [0.15, 0.2) is 0 Å². The highest BCUT2D eigenvalue weighted by molar-refractivity contribution is 5.85. The molecule has 1 fully saturated rings. The zero-order valence-corrected chi connectivity index (χ0v) is 9.10. The van der Waals surface area contributed by atoms with Crippen molar-refractivity contribution in [3.05, 3.63) is 23.9 Å². The van der Waals surface area contributed by atoms with Crippen LogP contribution >= 0.6 is 12.4 Å². The van der Waals surface area contributed by atoms with Crippen LogP contribution in [0.3, 0.4) is 0 Å². The Balaban J connectivity index is 0.000000980. The molecular formula is C10H16ClN3. The monoisotopic (exact) mass is 213 g/mol. The third-order valence-corrected chi connectivity index (χ3v) is 2.33. The van der Waals surface area contributed by atoms with Gasteiger partial charge in [-0.15, -0.1) is 12.4 Å². The first-order valence-corrected chi connectivity index (χ1v) is 4.74. The molecular weight excluding hydrogens is 198 g/mol. The molecule has 2 N–H and O–H groups in total. The fraction of sp³-hybridized carbons (Fsp3) is 0.500. The van der Waals surface area contributed by atoms with E-state index in [1.54, 1.807) is 0 Å². The van der Waals surface area contributed by atoms with Crippen LogP contribution in [0.4, 0.5) is 5.82 Å². The number of rotatable bonds is 2. The largest absolute Gasteiger partial charge is 0.366 e. The molecule has 0 aromatic carbocycles. The van der Waals surface area contributed by atoms with Gasteiger partial charge in [0.25, 0.3) is 0 Å². The summed E-state index contributed by atoms with van der Waals surface area (Å²) in [5, 5.41) is 6.72. The fourth-order valence-electron chi connectivity index (χ4n) is 1.60. The first kappa shape index (κ1) is 11.3. The lowest BCUT2D eigenvalue weighted by Crippen LogP contribution is -2.22. The van der Waals surface area contributed by atoms with Crippen molar-refractivity contribution in [2.45, 2.75) is 19.4 Å². The van der Waals surface area contributed by atoms with Crippen LogP contribution in [0, 0.1) is 6.92 Å². The van der Waals surface area contributed by atoms with E-state index < -0.39 is 0 Å². The summed E-state index contributed by atoms with van der Waals surface area (Å²) in [5.74, 6) is 0.994. The minimum absolute atomic E-state index is 0. The lowest BCUT2D eigenvalue weighted by molar-refractivity contribution is 0.788. The Labute approximate surface area is 90.7 Å². The molecule has 1 aliphatic rings. The maximum atomic E-state index is 4.26. The second-order valence-electron chi connectivity index (χ2n) is 3.55. The van der Waals surface area contributed by atoms with Crippen molar-refractivity contribution < 1.29 is 0 Å². The van der Waals surface area contributed by atoms with Gasteiger partial charge in [0.2, 0.25) is 0 Å². The minimum atomic E-state index is 0. The van der Waals surface area contributed by atoms with Gasteiger partial charge in [-0.25, -0.2) is 4.98 Å². The molecule has 1 saturated heterocycles. The van der Waals surface area contributed by atoms with Crippen molar-refractivity contribution >= 4 is 18.2 Å². The highest BCUT2D eigenvalue weighted by Crippen LogP contribution is 2.09. The van der Waals surface area contributed by atoms with Gasteiger partial charge < -0.3 is 10.6 Å². The average molecular weight is 214 g/mol. The molecule has 4 heteroatoms. The Hall–Kier alpha value is -0.800. The van der Waals surface area contributed by atoms with E-state index in [0.29, 0.717) is 6.04 Å². The van der Waals surface area contributed by atoms with Gasteiger partial charge in [-0.1, -0.05) is 0 Å². The van der Waals surface area contributed by atoms with E-state index in [2.05, 4.69) is 28.6 Å². The number of hydrogen-bond donors (Lipinski definition) is 2. The fourth-order valence-corrected chi connectivity index (χ4v) is 1.60. The van der Waals surface area contributed by atoms with Crippen molar-refractivity contribution in [2.75, 3.05) is 18.4 Å². The van der Waals surface area contributed by atoms with Gasteiger partial charge >= 0.3 is 0 Å². The number of nitrogens with one attached hydrogen (secondary N) is 2. The van der Waals surface area contributed by atoms with Gasteiger partial charge in [-0.3, -0.25) is 0 Å². The first-order chi connectivity index (χ1) is 6.34. The second-order valence-corrected chi connectivity index (χ2v) is 3.55. The number of nitrogens with zero attached hydrogens (tertiary/aromatic N) is 1. The van der Waals surface area contributed by atoms with E-state index in [0.717, 1.165) is 18.9 Å². The SMILES string of the molecule is Cc1ccnc(N[C@@H]2CCNC2)c1.Cl. The van der Waals surface area contributed by atoms with Crippen molar-refractivity contribution in [3.8, 4) is 0 Å². The van der Waals surface area contributed by atoms with E-state index in [1.807, 2.05) is 12.3 Å². The second kappa shape index (κ2) is 5.17. The molecule has 0 unspecified atom stereocenters. The third-order valence-electron chi connectivity index (χ3n) is 2.33. The molecule has 1 atom stereocenters. The Morgan fingerprint density at radius 3 is 3.07 bits per heavy atom. The number of halogens is 1. The van der Waals surface area contributed by atoms with Gasteiger partial charge in [0.05, 0.1) is 0 Å². The van der Waals surface area contributed by atoms with Crippen LogP contribution in [0.5, 0.6) is 0 Å². The van der Waals surface area contributed by atoms with Gasteiger partial charge in [-0.2, -0.15) is 0 Å². The number of aryl methyl sites for hydroxylation is 1. The Bertz CT molecular complexity index is 284. The smallest absolute Gasteiger partial charge is 0.126 e. The van der Waals surface area contributed by atoms with Crippen molar-refractivity contribution in [1.29, 1.82) is 0 Å². The Morgan fingerprint density at radius 2 is 2.43 bits per heavy atom. The Kier molecular flexibility index (Phi) is 4.17. The molecule has 1 aromatic heterocycles. The average Bonchev–Trinajstić information content (AvgIpc) is 2.57. The number of pyridine rings is 1. The van der Waals surface area contributed by atoms with Crippen LogP contribution in [-0.2, 0) is 0 Å². The van der Waals surface area contributed by atoms with E-state index in [4.69, 9.17) is 0 Å². The maximum absolute atomic E-state index is 4.26. The van der Waals surface area contributed by atoms with Crippen molar-refractivity contribution in [3.63, 3.8) is 0 Å². The summed E-state index contributed by atoms with van der Waals surface area (Å²) in [4.78, 5) is 4.26. The first-order valence-electron chi connectivity index (χ1n) is 4.74. The predicted molar refractivity (Wildman–Crippen MR) is 61.1 cm³/mol. The minimum Gasteiger partial charge on any atom is -0.366 e. The molecule has 2 rings (SSSR count). The molecule has 14 heavy (non-hydrogen) atoms. The highest BCUT2D eigenvalue weighted by atomic mass is 35.5. The van der Waals surface area contributed by atoms with E-state index in [-0.39, 0.29) is 12.4 Å². The molecule has 0 saturated carbocycles. The molecule has 1 aliphatic heterocycles. The van der Waals surface area contributed by atoms with Crippen molar-refractivity contribution in [1.82, 2.24) is 10.3 Å². The molecule has 1 aromatic rings. The van der Waals surface area contributed by atoms with Gasteiger partial charge in [-0.05, 0) is 37.6 Å². The molecule has 0 spiro atoms. The zero-order chi connectivity index (χ0) is 9.10. The molecule has 2 heterocycles. The quantitative estimate of drug-likeness (QED) is 0.784. The van der Waals surface area contributed by atoms with Crippen LogP contribution in [0.25, 0.3) is 0 Å². The summed E-state index contributed by atoms with van der Waals surface area (Å²) >= 11 is 0. The van der Waals surface area contributed by atoms with Crippen LogP contribution in [0.15, 0.2) is 18.3 Å². The summed E-state index contributed by atoms with van der Waals surface area (Å²) in [6.45, 7) is 4.25. The van der Waals surface area contributed by atoms with Crippen LogP contribution in [-0.4, -0.2) is 24.1 Å². The van der Waals surface area contributed by atoms with E-state index in [1.165, 1.54) is 12.0 Å². The summed E-state index contributed by atoms with van der Waals surface area (Å²) in [6, 6.07) is 4.64. The highest BCUT2D eigenvalue weighted by Gasteiger charge is 2.13. The topological polar surface area (TPSA) is 37.0 Å². The number of hydrogen-bond acceptors (Lipinski definition) is 3. The summed E-state index contributed by atoms with van der Waals surface area (Å²) < 4.78 is 0. The van der Waals surface area contributed by atoms with Crippen LogP contribution in [0.2, 0.25) is 0 Å².